The highest BCUT2D eigenvalue weighted by Crippen LogP contribution is 2.19. The molecule has 3 N–H and O–H groups in total. The van der Waals surface area contributed by atoms with Crippen molar-refractivity contribution in [1.82, 2.24) is 16.0 Å². The highest BCUT2D eigenvalue weighted by atomic mass is 35.5. The Hall–Kier alpha value is -2.18. The molecule has 0 unspecified atom stereocenters. The van der Waals surface area contributed by atoms with Crippen molar-refractivity contribution in [2.24, 2.45) is 0 Å². The van der Waals surface area contributed by atoms with Crippen molar-refractivity contribution in [3.63, 3.8) is 0 Å². The highest BCUT2D eigenvalue weighted by Gasteiger charge is 2.06. The standard InChI is InChI=1S/C16H17Cl2N3O3/c17-12-6-11(7-13(18)8-12)3-4-19-16(23)21-10-15(22)20-9-14-2-1-5-24-14/h1-2,5-8H,3-4,9-10H2,(H,20,22)(H2,19,21,23). The lowest BCUT2D eigenvalue weighted by Gasteiger charge is -2.08. The van der Waals surface area contributed by atoms with Crippen LogP contribution >= 0.6 is 23.2 Å². The largest absolute Gasteiger partial charge is 0.467 e. The molecule has 0 aliphatic rings. The van der Waals surface area contributed by atoms with Crippen molar-refractivity contribution in [3.8, 4) is 0 Å². The van der Waals surface area contributed by atoms with Gasteiger partial charge in [0.05, 0.1) is 19.4 Å². The molecule has 6 nitrogen and oxygen atoms in total. The second-order valence-corrected chi connectivity index (χ2v) is 5.87. The van der Waals surface area contributed by atoms with Crippen molar-refractivity contribution in [3.05, 3.63) is 58.0 Å². The summed E-state index contributed by atoms with van der Waals surface area (Å²) in [6.45, 7) is 0.566. The average Bonchev–Trinajstić information content (AvgIpc) is 3.03. The fourth-order valence-corrected chi connectivity index (χ4v) is 2.53. The van der Waals surface area contributed by atoms with Gasteiger partial charge in [0.2, 0.25) is 5.91 Å². The molecule has 0 saturated heterocycles. The summed E-state index contributed by atoms with van der Waals surface area (Å²) in [5.41, 5.74) is 0.920. The average molecular weight is 370 g/mol. The maximum absolute atomic E-state index is 11.6. The Morgan fingerprint density at radius 1 is 1.04 bits per heavy atom. The molecule has 1 aromatic carbocycles. The van der Waals surface area contributed by atoms with Gasteiger partial charge in [-0.25, -0.2) is 4.79 Å². The van der Waals surface area contributed by atoms with Crippen LogP contribution in [0, 0.1) is 0 Å². The van der Waals surface area contributed by atoms with E-state index >= 15 is 0 Å². The number of benzene rings is 1. The van der Waals surface area contributed by atoms with Crippen molar-refractivity contribution in [2.45, 2.75) is 13.0 Å². The first-order valence-corrected chi connectivity index (χ1v) is 8.04. The van der Waals surface area contributed by atoms with Gasteiger partial charge in [0, 0.05) is 16.6 Å². The zero-order valence-electron chi connectivity index (χ0n) is 12.8. The van der Waals surface area contributed by atoms with Gasteiger partial charge < -0.3 is 20.4 Å². The third-order valence-corrected chi connectivity index (χ3v) is 3.51. The van der Waals surface area contributed by atoms with Gasteiger partial charge in [-0.2, -0.15) is 0 Å². The summed E-state index contributed by atoms with van der Waals surface area (Å²) in [7, 11) is 0. The third-order valence-electron chi connectivity index (χ3n) is 3.07. The Balaban J connectivity index is 1.61. The topological polar surface area (TPSA) is 83.4 Å². The van der Waals surface area contributed by atoms with Gasteiger partial charge in [0.15, 0.2) is 0 Å². The van der Waals surface area contributed by atoms with E-state index in [1.807, 2.05) is 0 Å². The zero-order chi connectivity index (χ0) is 17.4. The first-order valence-electron chi connectivity index (χ1n) is 7.28. The number of halogens is 2. The lowest BCUT2D eigenvalue weighted by atomic mass is 10.1. The van der Waals surface area contributed by atoms with Gasteiger partial charge >= 0.3 is 6.03 Å². The molecule has 2 aromatic rings. The Morgan fingerprint density at radius 3 is 2.46 bits per heavy atom. The van der Waals surface area contributed by atoms with Crippen LogP contribution in [-0.2, 0) is 17.8 Å². The molecule has 0 atom stereocenters. The number of urea groups is 1. The minimum Gasteiger partial charge on any atom is -0.467 e. The molecule has 0 fully saturated rings. The molecular formula is C16H17Cl2N3O3. The zero-order valence-corrected chi connectivity index (χ0v) is 14.3. The van der Waals surface area contributed by atoms with E-state index in [0.717, 1.165) is 5.56 Å². The van der Waals surface area contributed by atoms with E-state index in [1.54, 1.807) is 30.3 Å². The van der Waals surface area contributed by atoms with Crippen LogP contribution in [-0.4, -0.2) is 25.0 Å². The maximum Gasteiger partial charge on any atom is 0.315 e. The van der Waals surface area contributed by atoms with Crippen LogP contribution in [0.5, 0.6) is 0 Å². The van der Waals surface area contributed by atoms with Crippen LogP contribution in [0.4, 0.5) is 4.79 Å². The molecule has 1 aromatic heterocycles. The van der Waals surface area contributed by atoms with E-state index in [-0.39, 0.29) is 19.0 Å². The molecule has 128 valence electrons. The number of carbonyl (C=O) groups excluding carboxylic acids is 2. The van der Waals surface area contributed by atoms with Crippen LogP contribution in [0.2, 0.25) is 10.0 Å². The molecule has 0 saturated carbocycles. The van der Waals surface area contributed by atoms with Crippen LogP contribution in [0.15, 0.2) is 41.0 Å². The van der Waals surface area contributed by atoms with Gasteiger partial charge in [0.1, 0.15) is 5.76 Å². The van der Waals surface area contributed by atoms with E-state index in [2.05, 4.69) is 16.0 Å². The van der Waals surface area contributed by atoms with E-state index in [4.69, 9.17) is 27.6 Å². The SMILES string of the molecule is O=C(CNC(=O)NCCc1cc(Cl)cc(Cl)c1)NCc1ccco1. The highest BCUT2D eigenvalue weighted by molar-refractivity contribution is 6.34. The van der Waals surface area contributed by atoms with Gasteiger partial charge in [0.25, 0.3) is 0 Å². The van der Waals surface area contributed by atoms with E-state index in [0.29, 0.717) is 28.8 Å². The van der Waals surface area contributed by atoms with Crippen molar-refractivity contribution in [2.75, 3.05) is 13.1 Å². The number of furan rings is 1. The Labute approximate surface area is 149 Å². The number of hydrogen-bond acceptors (Lipinski definition) is 3. The minimum absolute atomic E-state index is 0.116. The second kappa shape index (κ2) is 9.20. The molecular weight excluding hydrogens is 353 g/mol. The molecule has 3 amide bonds. The fraction of sp³-hybridized carbons (Fsp3) is 0.250. The normalized spacial score (nSPS) is 10.2. The molecule has 24 heavy (non-hydrogen) atoms. The molecule has 0 aliphatic carbocycles. The summed E-state index contributed by atoms with van der Waals surface area (Å²) in [6, 6.07) is 8.29. The van der Waals surface area contributed by atoms with Crippen LogP contribution in [0.25, 0.3) is 0 Å². The quantitative estimate of drug-likeness (QED) is 0.701. The summed E-state index contributed by atoms with van der Waals surface area (Å²) in [5, 5.41) is 8.87. The molecule has 1 heterocycles. The van der Waals surface area contributed by atoms with Gasteiger partial charge in [-0.15, -0.1) is 0 Å². The number of rotatable bonds is 7. The summed E-state index contributed by atoms with van der Waals surface area (Å²) in [6.07, 6.45) is 2.11. The molecule has 0 aliphatic heterocycles. The van der Waals surface area contributed by atoms with Crippen LogP contribution < -0.4 is 16.0 Å². The number of carbonyl (C=O) groups is 2. The van der Waals surface area contributed by atoms with Crippen molar-refractivity contribution >= 4 is 35.1 Å². The predicted molar refractivity (Wildman–Crippen MR) is 92.1 cm³/mol. The number of hydrogen-bond donors (Lipinski definition) is 3. The molecule has 0 spiro atoms. The molecule has 8 heteroatoms. The maximum atomic E-state index is 11.6. The minimum atomic E-state index is -0.420. The monoisotopic (exact) mass is 369 g/mol. The predicted octanol–water partition coefficient (Wildman–Crippen LogP) is 2.74. The molecule has 2 rings (SSSR count). The van der Waals surface area contributed by atoms with Crippen LogP contribution in [0.1, 0.15) is 11.3 Å². The summed E-state index contributed by atoms with van der Waals surface area (Å²) in [4.78, 5) is 23.2. The Morgan fingerprint density at radius 2 is 1.79 bits per heavy atom. The summed E-state index contributed by atoms with van der Waals surface area (Å²) < 4.78 is 5.09. The van der Waals surface area contributed by atoms with Gasteiger partial charge in [-0.3, -0.25) is 4.79 Å². The first-order chi connectivity index (χ1) is 11.5. The molecule has 0 radical (unpaired) electrons. The van der Waals surface area contributed by atoms with E-state index < -0.39 is 6.03 Å². The Kier molecular flexibility index (Phi) is 6.96. The van der Waals surface area contributed by atoms with E-state index in [1.165, 1.54) is 6.26 Å². The van der Waals surface area contributed by atoms with E-state index in [9.17, 15) is 9.59 Å². The van der Waals surface area contributed by atoms with Gasteiger partial charge in [-0.05, 0) is 42.3 Å². The number of amides is 3. The van der Waals surface area contributed by atoms with Gasteiger partial charge in [-0.1, -0.05) is 23.2 Å². The first kappa shape index (κ1) is 18.2. The lowest BCUT2D eigenvalue weighted by molar-refractivity contribution is -0.120. The molecule has 0 bridgehead atoms. The Bertz CT molecular complexity index is 670. The summed E-state index contributed by atoms with van der Waals surface area (Å²) >= 11 is 11.8. The fourth-order valence-electron chi connectivity index (χ4n) is 1.96. The second-order valence-electron chi connectivity index (χ2n) is 4.99. The third kappa shape index (κ3) is 6.52. The smallest absolute Gasteiger partial charge is 0.315 e. The lowest BCUT2D eigenvalue weighted by Crippen LogP contribution is -2.42. The van der Waals surface area contributed by atoms with Crippen molar-refractivity contribution < 1.29 is 14.0 Å². The number of nitrogens with one attached hydrogen (secondary N) is 3. The van der Waals surface area contributed by atoms with Crippen LogP contribution in [0.3, 0.4) is 0 Å². The summed E-state index contributed by atoms with van der Waals surface area (Å²) in [5.74, 6) is 0.344. The van der Waals surface area contributed by atoms with Crippen molar-refractivity contribution in [1.29, 1.82) is 0 Å².